The van der Waals surface area contributed by atoms with Crippen molar-refractivity contribution >= 4 is 49.5 Å². The van der Waals surface area contributed by atoms with Gasteiger partial charge in [-0.1, -0.05) is 0 Å². The van der Waals surface area contributed by atoms with Crippen molar-refractivity contribution in [1.82, 2.24) is 0 Å². The van der Waals surface area contributed by atoms with Crippen LogP contribution in [0.2, 0.25) is 0 Å². The molecule has 1 atom stereocenters. The molecule has 3 aromatic rings. The summed E-state index contributed by atoms with van der Waals surface area (Å²) < 4.78 is 15.6. The first-order chi connectivity index (χ1) is 9.25. The Labute approximate surface area is 124 Å². The fourth-order valence-electron chi connectivity index (χ4n) is 2.04. The van der Waals surface area contributed by atoms with Gasteiger partial charge in [-0.3, -0.25) is 0 Å². The molecule has 1 nitrogen and oxygen atoms in total. The third-order valence-electron chi connectivity index (χ3n) is 2.98. The standard InChI is InChI=1S/C16H11BrOSe/c17-13-8-10-14(11-9-13)19(18)16-7-3-5-12-4-1-2-6-15(12)16/h1-11H. The summed E-state index contributed by atoms with van der Waals surface area (Å²) in [6.07, 6.45) is 0. The van der Waals surface area contributed by atoms with Gasteiger partial charge in [0.2, 0.25) is 0 Å². The zero-order valence-corrected chi connectivity index (χ0v) is 13.3. The van der Waals surface area contributed by atoms with Gasteiger partial charge in [0.1, 0.15) is 0 Å². The Bertz CT molecular complexity index is 745. The minimum absolute atomic E-state index is 0.916. The third-order valence-corrected chi connectivity index (χ3v) is 6.56. The molecule has 0 aliphatic carbocycles. The van der Waals surface area contributed by atoms with E-state index in [-0.39, 0.29) is 0 Å². The maximum atomic E-state index is 12.8. The van der Waals surface area contributed by atoms with Gasteiger partial charge in [-0.2, -0.15) is 0 Å². The average Bonchev–Trinajstić information content (AvgIpc) is 2.47. The molecule has 0 saturated heterocycles. The SMILES string of the molecule is O=[Se](c1ccc(Br)cc1)c1cccc2ccccc12. The van der Waals surface area contributed by atoms with Gasteiger partial charge in [-0.05, 0) is 0 Å². The molecule has 3 aromatic carbocycles. The summed E-state index contributed by atoms with van der Waals surface area (Å²) in [6, 6.07) is 21.8. The van der Waals surface area contributed by atoms with Crippen LogP contribution >= 0.6 is 15.9 Å². The Morgan fingerprint density at radius 3 is 2.26 bits per heavy atom. The number of benzene rings is 3. The molecular formula is C16H11BrOSe. The van der Waals surface area contributed by atoms with Crippen LogP contribution in [0.4, 0.5) is 0 Å². The van der Waals surface area contributed by atoms with Crippen molar-refractivity contribution in [2.45, 2.75) is 0 Å². The van der Waals surface area contributed by atoms with E-state index < -0.39 is 13.8 Å². The predicted octanol–water partition coefficient (Wildman–Crippen LogP) is 3.14. The Morgan fingerprint density at radius 1 is 0.789 bits per heavy atom. The number of fused-ring (bicyclic) bond motifs is 1. The fraction of sp³-hybridized carbons (Fsp3) is 0. The average molecular weight is 378 g/mol. The Balaban J connectivity index is 2.14. The van der Waals surface area contributed by atoms with E-state index in [0.717, 1.165) is 24.2 Å². The summed E-state index contributed by atoms with van der Waals surface area (Å²) in [7, 11) is 0. The summed E-state index contributed by atoms with van der Waals surface area (Å²) in [6.45, 7) is 0. The molecule has 0 radical (unpaired) electrons. The monoisotopic (exact) mass is 378 g/mol. The molecule has 0 N–H and O–H groups in total. The zero-order valence-electron chi connectivity index (χ0n) is 10.0. The van der Waals surface area contributed by atoms with Crippen LogP contribution in [0.15, 0.2) is 71.2 Å². The van der Waals surface area contributed by atoms with E-state index in [1.54, 1.807) is 0 Å². The molecule has 0 fully saturated rings. The van der Waals surface area contributed by atoms with Crippen molar-refractivity contribution < 1.29 is 3.83 Å². The van der Waals surface area contributed by atoms with Crippen LogP contribution in [0.1, 0.15) is 0 Å². The summed E-state index contributed by atoms with van der Waals surface area (Å²) in [5.41, 5.74) is 0. The predicted molar refractivity (Wildman–Crippen MR) is 83.8 cm³/mol. The summed E-state index contributed by atoms with van der Waals surface area (Å²) >= 11 is 1.19. The van der Waals surface area contributed by atoms with Crippen LogP contribution in [0.5, 0.6) is 0 Å². The van der Waals surface area contributed by atoms with Crippen LogP contribution in [-0.2, 0) is 3.83 Å². The van der Waals surface area contributed by atoms with Gasteiger partial charge in [-0.25, -0.2) is 0 Å². The van der Waals surface area contributed by atoms with Gasteiger partial charge < -0.3 is 0 Å². The van der Waals surface area contributed by atoms with E-state index in [1.807, 2.05) is 54.6 Å². The molecule has 0 saturated carbocycles. The summed E-state index contributed by atoms with van der Waals surface area (Å²) in [4.78, 5) is 0. The van der Waals surface area contributed by atoms with Gasteiger partial charge in [-0.15, -0.1) is 0 Å². The number of halogens is 1. The Kier molecular flexibility index (Phi) is 3.60. The quantitative estimate of drug-likeness (QED) is 0.627. The first-order valence-corrected chi connectivity index (χ1v) is 9.11. The molecule has 0 spiro atoms. The van der Waals surface area contributed by atoms with Crippen molar-refractivity contribution in [3.05, 3.63) is 71.2 Å². The second kappa shape index (κ2) is 5.38. The molecule has 0 aliphatic rings. The van der Waals surface area contributed by atoms with Crippen LogP contribution in [-0.4, -0.2) is 13.8 Å². The molecule has 1 unspecified atom stereocenters. The summed E-state index contributed by atoms with van der Waals surface area (Å²) in [5, 5.41) is 2.23. The topological polar surface area (TPSA) is 17.1 Å². The number of hydrogen-bond acceptors (Lipinski definition) is 1. The molecule has 94 valence electrons. The molecule has 0 aromatic heterocycles. The first-order valence-electron chi connectivity index (χ1n) is 5.91. The molecular weight excluding hydrogens is 367 g/mol. The fourth-order valence-corrected chi connectivity index (χ4v) is 4.88. The van der Waals surface area contributed by atoms with Gasteiger partial charge >= 0.3 is 124 Å². The van der Waals surface area contributed by atoms with Crippen molar-refractivity contribution in [3.63, 3.8) is 0 Å². The number of rotatable bonds is 2. The second-order valence-corrected chi connectivity index (χ2v) is 8.16. The Morgan fingerprint density at radius 2 is 1.47 bits per heavy atom. The van der Waals surface area contributed by atoms with E-state index in [4.69, 9.17) is 0 Å². The second-order valence-electron chi connectivity index (χ2n) is 4.20. The Hall–Kier alpha value is -1.28. The van der Waals surface area contributed by atoms with Crippen molar-refractivity contribution in [2.24, 2.45) is 0 Å². The van der Waals surface area contributed by atoms with Crippen LogP contribution in [0.3, 0.4) is 0 Å². The van der Waals surface area contributed by atoms with Crippen molar-refractivity contribution in [1.29, 1.82) is 0 Å². The van der Waals surface area contributed by atoms with Crippen LogP contribution < -0.4 is 8.92 Å². The molecule has 3 rings (SSSR count). The molecule has 0 amide bonds. The van der Waals surface area contributed by atoms with E-state index in [2.05, 4.69) is 28.1 Å². The molecule has 0 aliphatic heterocycles. The molecule has 0 bridgehead atoms. The molecule has 0 heterocycles. The van der Waals surface area contributed by atoms with E-state index >= 15 is 0 Å². The van der Waals surface area contributed by atoms with Crippen LogP contribution in [0.25, 0.3) is 10.8 Å². The van der Waals surface area contributed by atoms with Crippen LogP contribution in [0, 0.1) is 0 Å². The van der Waals surface area contributed by atoms with Gasteiger partial charge in [0.05, 0.1) is 0 Å². The third kappa shape index (κ3) is 2.55. The summed E-state index contributed by atoms with van der Waals surface area (Å²) in [5.74, 6) is 0. The van der Waals surface area contributed by atoms with E-state index in [0.29, 0.717) is 0 Å². The normalized spacial score (nSPS) is 12.5. The van der Waals surface area contributed by atoms with E-state index in [9.17, 15) is 3.83 Å². The van der Waals surface area contributed by atoms with Gasteiger partial charge in [0.15, 0.2) is 0 Å². The maximum absolute atomic E-state index is 12.8. The van der Waals surface area contributed by atoms with Crippen molar-refractivity contribution in [3.8, 4) is 0 Å². The first kappa shape index (κ1) is 12.7. The van der Waals surface area contributed by atoms with Gasteiger partial charge in [0, 0.05) is 0 Å². The van der Waals surface area contributed by atoms with Gasteiger partial charge in [0.25, 0.3) is 0 Å². The minimum atomic E-state index is -2.21. The molecule has 3 heteroatoms. The van der Waals surface area contributed by atoms with E-state index in [1.165, 1.54) is 0 Å². The molecule has 19 heavy (non-hydrogen) atoms. The van der Waals surface area contributed by atoms with Crippen molar-refractivity contribution in [2.75, 3.05) is 0 Å². The zero-order chi connectivity index (χ0) is 13.2. The number of hydrogen-bond donors (Lipinski definition) is 0.